The number of hydrogen-bond donors (Lipinski definition) is 1. The van der Waals surface area contributed by atoms with E-state index >= 15 is 0 Å². The summed E-state index contributed by atoms with van der Waals surface area (Å²) in [5, 5.41) is 3.20. The smallest absolute Gasteiger partial charge is 0.314 e. The zero-order valence-electron chi connectivity index (χ0n) is 12.7. The van der Waals surface area contributed by atoms with Gasteiger partial charge in [-0.15, -0.1) is 0 Å². The van der Waals surface area contributed by atoms with Gasteiger partial charge in [-0.05, 0) is 30.2 Å². The molecule has 0 saturated carbocycles. The van der Waals surface area contributed by atoms with Crippen molar-refractivity contribution in [1.82, 2.24) is 10.2 Å². The Morgan fingerprint density at radius 2 is 1.91 bits per heavy atom. The van der Waals surface area contributed by atoms with Gasteiger partial charge in [-0.25, -0.2) is 4.39 Å². The van der Waals surface area contributed by atoms with Crippen LogP contribution in [0.25, 0.3) is 0 Å². The molecule has 2 rings (SSSR count). The van der Waals surface area contributed by atoms with Crippen LogP contribution in [-0.4, -0.2) is 31.1 Å². The number of benzene rings is 1. The number of piperazine rings is 1. The fraction of sp³-hybridized carbons (Fsp3) is 0.625. The molecule has 0 unspecified atom stereocenters. The molecule has 6 heteroatoms. The standard InChI is InChI=1S/C16H22F4N2/c1-2-3-4-15(22-9-7-21-8-10-22)13-11-12(17)5-6-14(13)16(18,19)20/h5-6,11,15,21H,2-4,7-10H2,1H3/t15-/m0/s1. The number of rotatable bonds is 5. The summed E-state index contributed by atoms with van der Waals surface area (Å²) < 4.78 is 53.4. The monoisotopic (exact) mass is 318 g/mol. The van der Waals surface area contributed by atoms with Gasteiger partial charge in [0.1, 0.15) is 5.82 Å². The van der Waals surface area contributed by atoms with Crippen LogP contribution in [0.2, 0.25) is 0 Å². The maximum atomic E-state index is 13.6. The van der Waals surface area contributed by atoms with Gasteiger partial charge in [0.15, 0.2) is 0 Å². The van der Waals surface area contributed by atoms with Gasteiger partial charge >= 0.3 is 6.18 Å². The molecule has 1 fully saturated rings. The fourth-order valence-electron chi connectivity index (χ4n) is 2.99. The van der Waals surface area contributed by atoms with E-state index in [1.54, 1.807) is 0 Å². The molecule has 1 heterocycles. The van der Waals surface area contributed by atoms with Gasteiger partial charge in [0.2, 0.25) is 0 Å². The molecule has 0 bridgehead atoms. The average Bonchev–Trinajstić information content (AvgIpc) is 2.47. The van der Waals surface area contributed by atoms with Crippen LogP contribution in [-0.2, 0) is 6.18 Å². The van der Waals surface area contributed by atoms with E-state index in [-0.39, 0.29) is 11.6 Å². The lowest BCUT2D eigenvalue weighted by Gasteiger charge is -2.36. The van der Waals surface area contributed by atoms with Crippen LogP contribution < -0.4 is 5.32 Å². The summed E-state index contributed by atoms with van der Waals surface area (Å²) in [4.78, 5) is 2.04. The molecule has 0 radical (unpaired) electrons. The largest absolute Gasteiger partial charge is 0.416 e. The Kier molecular flexibility index (Phi) is 5.81. The van der Waals surface area contributed by atoms with Crippen LogP contribution in [0.5, 0.6) is 0 Å². The number of alkyl halides is 3. The summed E-state index contributed by atoms with van der Waals surface area (Å²) in [6.45, 7) is 4.87. The molecule has 1 N–H and O–H groups in total. The van der Waals surface area contributed by atoms with Crippen molar-refractivity contribution in [3.63, 3.8) is 0 Å². The van der Waals surface area contributed by atoms with E-state index in [2.05, 4.69) is 5.32 Å². The molecule has 0 aromatic heterocycles. The molecule has 124 valence electrons. The molecular formula is C16H22F4N2. The van der Waals surface area contributed by atoms with Crippen molar-refractivity contribution in [2.75, 3.05) is 26.2 Å². The quantitative estimate of drug-likeness (QED) is 0.826. The Hall–Kier alpha value is -1.14. The van der Waals surface area contributed by atoms with E-state index in [9.17, 15) is 17.6 Å². The maximum absolute atomic E-state index is 13.6. The average molecular weight is 318 g/mol. The van der Waals surface area contributed by atoms with Crippen molar-refractivity contribution >= 4 is 0 Å². The van der Waals surface area contributed by atoms with Crippen LogP contribution in [0.4, 0.5) is 17.6 Å². The summed E-state index contributed by atoms with van der Waals surface area (Å²) in [6, 6.07) is 2.44. The highest BCUT2D eigenvalue weighted by atomic mass is 19.4. The Bertz CT molecular complexity index is 482. The summed E-state index contributed by atoms with van der Waals surface area (Å²) in [5.74, 6) is -0.611. The summed E-state index contributed by atoms with van der Waals surface area (Å²) in [7, 11) is 0. The zero-order valence-corrected chi connectivity index (χ0v) is 12.7. The highest BCUT2D eigenvalue weighted by Crippen LogP contribution is 2.38. The van der Waals surface area contributed by atoms with Crippen LogP contribution in [0.1, 0.15) is 43.4 Å². The topological polar surface area (TPSA) is 15.3 Å². The molecule has 1 aromatic carbocycles. The van der Waals surface area contributed by atoms with E-state index in [1.165, 1.54) is 0 Å². The molecule has 1 saturated heterocycles. The lowest BCUT2D eigenvalue weighted by Crippen LogP contribution is -2.45. The summed E-state index contributed by atoms with van der Waals surface area (Å²) in [6.07, 6.45) is -2.12. The number of nitrogens with zero attached hydrogens (tertiary/aromatic N) is 1. The molecule has 1 aliphatic heterocycles. The molecule has 0 amide bonds. The Labute approximate surface area is 128 Å². The van der Waals surface area contributed by atoms with E-state index < -0.39 is 17.6 Å². The second-order valence-corrected chi connectivity index (χ2v) is 5.67. The first-order valence-corrected chi connectivity index (χ1v) is 7.75. The van der Waals surface area contributed by atoms with Crippen molar-refractivity contribution in [3.05, 3.63) is 35.1 Å². The maximum Gasteiger partial charge on any atom is 0.416 e. The molecule has 1 aromatic rings. The second kappa shape index (κ2) is 7.42. The van der Waals surface area contributed by atoms with Crippen molar-refractivity contribution in [2.45, 2.75) is 38.4 Å². The zero-order chi connectivity index (χ0) is 16.2. The van der Waals surface area contributed by atoms with Crippen LogP contribution in [0.15, 0.2) is 18.2 Å². The van der Waals surface area contributed by atoms with Gasteiger partial charge in [-0.1, -0.05) is 19.8 Å². The van der Waals surface area contributed by atoms with E-state index in [0.29, 0.717) is 19.5 Å². The predicted molar refractivity (Wildman–Crippen MR) is 78.1 cm³/mol. The van der Waals surface area contributed by atoms with Gasteiger partial charge in [0, 0.05) is 32.2 Å². The van der Waals surface area contributed by atoms with Gasteiger partial charge in [0.25, 0.3) is 0 Å². The van der Waals surface area contributed by atoms with Crippen molar-refractivity contribution in [3.8, 4) is 0 Å². The third-order valence-electron chi connectivity index (χ3n) is 4.10. The lowest BCUT2D eigenvalue weighted by atomic mass is 9.94. The minimum atomic E-state index is -4.46. The molecule has 1 aliphatic rings. The highest BCUT2D eigenvalue weighted by molar-refractivity contribution is 5.33. The van der Waals surface area contributed by atoms with Crippen molar-refractivity contribution < 1.29 is 17.6 Å². The first-order chi connectivity index (χ1) is 10.4. The minimum absolute atomic E-state index is 0.0721. The van der Waals surface area contributed by atoms with Crippen molar-refractivity contribution in [1.29, 1.82) is 0 Å². The van der Waals surface area contributed by atoms with Gasteiger partial charge in [-0.3, -0.25) is 4.90 Å². The molecule has 1 atom stereocenters. The first kappa shape index (κ1) is 17.2. The first-order valence-electron chi connectivity index (χ1n) is 7.75. The summed E-state index contributed by atoms with van der Waals surface area (Å²) >= 11 is 0. The van der Waals surface area contributed by atoms with Gasteiger partial charge < -0.3 is 5.32 Å². The van der Waals surface area contributed by atoms with E-state index in [1.807, 2.05) is 11.8 Å². The van der Waals surface area contributed by atoms with E-state index in [4.69, 9.17) is 0 Å². The fourth-order valence-corrected chi connectivity index (χ4v) is 2.99. The van der Waals surface area contributed by atoms with Crippen molar-refractivity contribution in [2.24, 2.45) is 0 Å². The number of hydrogen-bond acceptors (Lipinski definition) is 2. The van der Waals surface area contributed by atoms with Crippen LogP contribution >= 0.6 is 0 Å². The Morgan fingerprint density at radius 1 is 1.23 bits per heavy atom. The molecule has 0 aliphatic carbocycles. The van der Waals surface area contributed by atoms with Gasteiger partial charge in [-0.2, -0.15) is 13.2 Å². The highest BCUT2D eigenvalue weighted by Gasteiger charge is 2.36. The van der Waals surface area contributed by atoms with E-state index in [0.717, 1.165) is 44.1 Å². The Morgan fingerprint density at radius 3 is 2.50 bits per heavy atom. The Balaban J connectivity index is 2.38. The SMILES string of the molecule is CCCC[C@@H](c1cc(F)ccc1C(F)(F)F)N1CCNCC1. The molecule has 22 heavy (non-hydrogen) atoms. The molecular weight excluding hydrogens is 296 g/mol. The van der Waals surface area contributed by atoms with Gasteiger partial charge in [0.05, 0.1) is 5.56 Å². The molecule has 0 spiro atoms. The minimum Gasteiger partial charge on any atom is -0.314 e. The second-order valence-electron chi connectivity index (χ2n) is 5.67. The molecule has 2 nitrogen and oxygen atoms in total. The number of nitrogens with one attached hydrogen (secondary N) is 1. The predicted octanol–water partition coefficient (Wildman–Crippen LogP) is 3.98. The number of halogens is 4. The lowest BCUT2D eigenvalue weighted by molar-refractivity contribution is -0.138. The van der Waals surface area contributed by atoms with Crippen LogP contribution in [0, 0.1) is 5.82 Å². The number of unbranched alkanes of at least 4 members (excludes halogenated alkanes) is 1. The summed E-state index contributed by atoms with van der Waals surface area (Å²) in [5.41, 5.74) is -0.642. The van der Waals surface area contributed by atoms with Crippen LogP contribution in [0.3, 0.4) is 0 Å². The third-order valence-corrected chi connectivity index (χ3v) is 4.10. The third kappa shape index (κ3) is 4.20. The normalized spacial score (nSPS) is 18.4.